The van der Waals surface area contributed by atoms with E-state index in [0.29, 0.717) is 41.8 Å². The molecule has 31 heavy (non-hydrogen) atoms. The van der Waals surface area contributed by atoms with Crippen LogP contribution in [0.25, 0.3) is 10.8 Å². The fourth-order valence-electron chi connectivity index (χ4n) is 3.38. The lowest BCUT2D eigenvalue weighted by atomic mass is 10.1. The number of carbonyl (C=O) groups is 2. The largest absolute Gasteiger partial charge is 0.465 e. The molecule has 1 saturated heterocycles. The fourth-order valence-corrected chi connectivity index (χ4v) is 4.03. The van der Waals surface area contributed by atoms with Crippen molar-refractivity contribution in [2.75, 3.05) is 43.6 Å². The van der Waals surface area contributed by atoms with Crippen molar-refractivity contribution in [3.05, 3.63) is 52.7 Å². The molecule has 162 valence electrons. The Hall–Kier alpha value is -3.17. The molecular weight excluding hydrogens is 418 g/mol. The molecule has 1 aromatic carbocycles. The van der Waals surface area contributed by atoms with Crippen LogP contribution >= 0.6 is 11.3 Å². The Balaban J connectivity index is 1.51. The summed E-state index contributed by atoms with van der Waals surface area (Å²) in [6.45, 7) is 4.53. The predicted molar refractivity (Wildman–Crippen MR) is 118 cm³/mol. The average molecular weight is 442 g/mol. The van der Waals surface area contributed by atoms with Gasteiger partial charge in [-0.1, -0.05) is 6.07 Å². The molecule has 0 spiro atoms. The van der Waals surface area contributed by atoms with Crippen LogP contribution in [-0.4, -0.2) is 50.3 Å². The second kappa shape index (κ2) is 9.32. The number of aryl methyl sites for hydroxylation is 1. The van der Waals surface area contributed by atoms with Crippen LogP contribution in [0.4, 0.5) is 11.4 Å². The van der Waals surface area contributed by atoms with Crippen LogP contribution < -0.4 is 10.2 Å². The highest BCUT2D eigenvalue weighted by Crippen LogP contribution is 2.27. The van der Waals surface area contributed by atoms with Crippen molar-refractivity contribution in [3.8, 4) is 10.8 Å². The number of oxazole rings is 1. The number of hydrogen-bond donors (Lipinski definition) is 1. The molecule has 1 aliphatic rings. The summed E-state index contributed by atoms with van der Waals surface area (Å²) >= 11 is 1.52. The number of amides is 1. The molecule has 2 aromatic heterocycles. The van der Waals surface area contributed by atoms with Gasteiger partial charge in [-0.3, -0.25) is 4.79 Å². The molecule has 0 unspecified atom stereocenters. The van der Waals surface area contributed by atoms with Crippen molar-refractivity contribution >= 4 is 34.6 Å². The molecule has 0 bridgehead atoms. The molecule has 1 fully saturated rings. The third kappa shape index (κ3) is 4.78. The molecule has 3 heterocycles. The Kier molecular flexibility index (Phi) is 6.34. The van der Waals surface area contributed by atoms with Gasteiger partial charge in [0.25, 0.3) is 0 Å². The maximum absolute atomic E-state index is 12.7. The van der Waals surface area contributed by atoms with Crippen molar-refractivity contribution in [2.24, 2.45) is 0 Å². The highest BCUT2D eigenvalue weighted by molar-refractivity contribution is 7.13. The number of anilines is 2. The van der Waals surface area contributed by atoms with Gasteiger partial charge in [-0.25, -0.2) is 9.78 Å². The molecule has 0 aliphatic carbocycles. The van der Waals surface area contributed by atoms with Gasteiger partial charge >= 0.3 is 5.97 Å². The van der Waals surface area contributed by atoms with Crippen LogP contribution in [0.5, 0.6) is 0 Å². The normalized spacial score (nSPS) is 13.8. The number of morpholine rings is 1. The van der Waals surface area contributed by atoms with E-state index in [2.05, 4.69) is 15.2 Å². The molecule has 1 N–H and O–H groups in total. The lowest BCUT2D eigenvalue weighted by molar-refractivity contribution is -0.115. The zero-order valence-corrected chi connectivity index (χ0v) is 18.2. The van der Waals surface area contributed by atoms with Crippen LogP contribution in [0.1, 0.15) is 21.8 Å². The number of thiophene rings is 1. The molecule has 1 amide bonds. The van der Waals surface area contributed by atoms with E-state index >= 15 is 0 Å². The van der Waals surface area contributed by atoms with E-state index in [4.69, 9.17) is 13.9 Å². The second-order valence-corrected chi connectivity index (χ2v) is 7.99. The second-order valence-electron chi connectivity index (χ2n) is 7.05. The summed E-state index contributed by atoms with van der Waals surface area (Å²) in [7, 11) is 1.32. The number of nitrogens with zero attached hydrogens (tertiary/aromatic N) is 2. The van der Waals surface area contributed by atoms with E-state index in [9.17, 15) is 9.59 Å². The van der Waals surface area contributed by atoms with Crippen LogP contribution in [0, 0.1) is 6.92 Å². The Morgan fingerprint density at radius 2 is 2.06 bits per heavy atom. The Morgan fingerprint density at radius 1 is 1.26 bits per heavy atom. The molecule has 0 radical (unpaired) electrons. The Labute approximate surface area is 183 Å². The first kappa shape index (κ1) is 21.1. The van der Waals surface area contributed by atoms with E-state index in [-0.39, 0.29) is 12.3 Å². The summed E-state index contributed by atoms with van der Waals surface area (Å²) in [5, 5.41) is 4.75. The zero-order chi connectivity index (χ0) is 21.8. The average Bonchev–Trinajstić information content (AvgIpc) is 3.44. The summed E-state index contributed by atoms with van der Waals surface area (Å²) in [6.07, 6.45) is 0.0343. The number of aromatic nitrogens is 1. The molecule has 1 aliphatic heterocycles. The number of benzene rings is 1. The van der Waals surface area contributed by atoms with Gasteiger partial charge in [0, 0.05) is 18.8 Å². The summed E-state index contributed by atoms with van der Waals surface area (Å²) in [6, 6.07) is 9.17. The summed E-state index contributed by atoms with van der Waals surface area (Å²) < 4.78 is 16.0. The van der Waals surface area contributed by atoms with Gasteiger partial charge in [0.15, 0.2) is 0 Å². The van der Waals surface area contributed by atoms with E-state index < -0.39 is 5.97 Å². The monoisotopic (exact) mass is 441 g/mol. The molecule has 8 nitrogen and oxygen atoms in total. The quantitative estimate of drug-likeness (QED) is 0.585. The first-order valence-corrected chi connectivity index (χ1v) is 10.8. The fraction of sp³-hybridized carbons (Fsp3) is 0.318. The van der Waals surface area contributed by atoms with Crippen LogP contribution in [0.15, 0.2) is 40.1 Å². The lowest BCUT2D eigenvalue weighted by Crippen LogP contribution is -2.36. The summed E-state index contributed by atoms with van der Waals surface area (Å²) in [5.74, 6) is 0.288. The summed E-state index contributed by atoms with van der Waals surface area (Å²) in [5.41, 5.74) is 2.14. The third-order valence-electron chi connectivity index (χ3n) is 5.01. The van der Waals surface area contributed by atoms with Gasteiger partial charge < -0.3 is 24.1 Å². The molecule has 9 heteroatoms. The van der Waals surface area contributed by atoms with Gasteiger partial charge in [-0.05, 0) is 36.6 Å². The number of carbonyl (C=O) groups excluding carboxylic acids is 2. The van der Waals surface area contributed by atoms with Gasteiger partial charge in [-0.15, -0.1) is 11.3 Å². The van der Waals surface area contributed by atoms with E-state index in [1.54, 1.807) is 19.1 Å². The predicted octanol–water partition coefficient (Wildman–Crippen LogP) is 3.52. The highest BCUT2D eigenvalue weighted by atomic mass is 32.1. The van der Waals surface area contributed by atoms with Crippen molar-refractivity contribution < 1.29 is 23.5 Å². The SMILES string of the molecule is COC(=O)c1cc(N2CCOCC2)ccc1NC(=O)Cc1nc(-c2cccs2)oc1C. The lowest BCUT2D eigenvalue weighted by Gasteiger charge is -2.29. The highest BCUT2D eigenvalue weighted by Gasteiger charge is 2.20. The van der Waals surface area contributed by atoms with Crippen molar-refractivity contribution in [2.45, 2.75) is 13.3 Å². The number of hydrogen-bond acceptors (Lipinski definition) is 8. The van der Waals surface area contributed by atoms with Gasteiger partial charge in [0.2, 0.25) is 11.8 Å². The van der Waals surface area contributed by atoms with Crippen LogP contribution in [0.3, 0.4) is 0 Å². The molecule has 4 rings (SSSR count). The zero-order valence-electron chi connectivity index (χ0n) is 17.3. The maximum atomic E-state index is 12.7. The van der Waals surface area contributed by atoms with Gasteiger partial charge in [-0.2, -0.15) is 0 Å². The minimum atomic E-state index is -0.511. The van der Waals surface area contributed by atoms with Crippen molar-refractivity contribution in [1.82, 2.24) is 4.98 Å². The molecule has 3 aromatic rings. The number of ether oxygens (including phenoxy) is 2. The summed E-state index contributed by atoms with van der Waals surface area (Å²) in [4.78, 5) is 32.6. The minimum Gasteiger partial charge on any atom is -0.465 e. The topological polar surface area (TPSA) is 93.9 Å². The van der Waals surface area contributed by atoms with Gasteiger partial charge in [0.1, 0.15) is 5.76 Å². The van der Waals surface area contributed by atoms with Crippen LogP contribution in [0.2, 0.25) is 0 Å². The Morgan fingerprint density at radius 3 is 2.77 bits per heavy atom. The number of esters is 1. The smallest absolute Gasteiger partial charge is 0.340 e. The molecule has 0 saturated carbocycles. The van der Waals surface area contributed by atoms with E-state index in [1.807, 2.05) is 23.6 Å². The van der Waals surface area contributed by atoms with Crippen molar-refractivity contribution in [1.29, 1.82) is 0 Å². The number of rotatable bonds is 6. The standard InChI is InChI=1S/C22H23N3O5S/c1-14-18(24-21(30-14)19-4-3-11-31-19)13-20(26)23-17-6-5-15(12-16(17)22(27)28-2)25-7-9-29-10-8-25/h3-6,11-12H,7-10,13H2,1-2H3,(H,23,26). The molecule has 0 atom stereocenters. The first-order chi connectivity index (χ1) is 15.0. The third-order valence-corrected chi connectivity index (χ3v) is 5.87. The Bertz CT molecular complexity index is 1070. The number of methoxy groups -OCH3 is 1. The van der Waals surface area contributed by atoms with Crippen LogP contribution in [-0.2, 0) is 20.7 Å². The van der Waals surface area contributed by atoms with Gasteiger partial charge in [0.05, 0.1) is 48.6 Å². The van der Waals surface area contributed by atoms with E-state index in [1.165, 1.54) is 18.4 Å². The minimum absolute atomic E-state index is 0.0343. The first-order valence-electron chi connectivity index (χ1n) is 9.90. The van der Waals surface area contributed by atoms with E-state index in [0.717, 1.165) is 23.7 Å². The van der Waals surface area contributed by atoms with Crippen molar-refractivity contribution in [3.63, 3.8) is 0 Å². The number of nitrogens with one attached hydrogen (secondary N) is 1. The molecular formula is C22H23N3O5S. The maximum Gasteiger partial charge on any atom is 0.340 e.